The smallest absolute Gasteiger partial charge is 0.352 e. The van der Waals surface area contributed by atoms with E-state index in [-0.39, 0.29) is 5.56 Å². The van der Waals surface area contributed by atoms with Crippen LogP contribution in [-0.4, -0.2) is 26.7 Å². The van der Waals surface area contributed by atoms with Crippen molar-refractivity contribution in [2.45, 2.75) is 6.42 Å². The second-order valence-electron chi connectivity index (χ2n) is 6.96. The Morgan fingerprint density at radius 2 is 1.38 bits per heavy atom. The Bertz CT molecular complexity index is 1220. The number of carboxylic acid groups (broad SMARTS) is 2. The van der Waals surface area contributed by atoms with Gasteiger partial charge in [0.05, 0.1) is 5.56 Å². The van der Waals surface area contributed by atoms with Gasteiger partial charge in [0.2, 0.25) is 0 Å². The highest BCUT2D eigenvalue weighted by molar-refractivity contribution is 5.98. The minimum absolute atomic E-state index is 0.252. The van der Waals surface area contributed by atoms with E-state index in [2.05, 4.69) is 0 Å². The van der Waals surface area contributed by atoms with Crippen molar-refractivity contribution in [3.63, 3.8) is 0 Å². The summed E-state index contributed by atoms with van der Waals surface area (Å²) in [7, 11) is 1.78. The minimum Gasteiger partial charge on any atom is -0.478 e. The molecule has 29 heavy (non-hydrogen) atoms. The van der Waals surface area contributed by atoms with E-state index in [0.717, 1.165) is 33.2 Å². The van der Waals surface area contributed by atoms with Crippen LogP contribution in [-0.2, 0) is 13.5 Å². The Morgan fingerprint density at radius 1 is 0.793 bits per heavy atom. The van der Waals surface area contributed by atoms with Crippen LogP contribution in [0.3, 0.4) is 0 Å². The van der Waals surface area contributed by atoms with E-state index in [9.17, 15) is 14.7 Å². The molecule has 0 aliphatic heterocycles. The zero-order chi connectivity index (χ0) is 20.5. The highest BCUT2D eigenvalue weighted by Gasteiger charge is 2.20. The Kier molecular flexibility index (Phi) is 4.64. The Balaban J connectivity index is 1.67. The van der Waals surface area contributed by atoms with Crippen molar-refractivity contribution < 1.29 is 19.8 Å². The van der Waals surface area contributed by atoms with Crippen molar-refractivity contribution in [1.82, 2.24) is 4.57 Å². The number of aromatic nitrogens is 1. The third kappa shape index (κ3) is 3.38. The molecule has 0 bridgehead atoms. The number of aryl methyl sites for hydroxylation is 1. The van der Waals surface area contributed by atoms with Crippen LogP contribution in [0.15, 0.2) is 72.8 Å². The Labute approximate surface area is 167 Å². The Hall–Kier alpha value is -3.86. The number of para-hydroxylation sites is 1. The monoisotopic (exact) mass is 385 g/mol. The van der Waals surface area contributed by atoms with E-state index in [1.54, 1.807) is 35.9 Å². The quantitative estimate of drug-likeness (QED) is 0.516. The van der Waals surface area contributed by atoms with E-state index < -0.39 is 11.9 Å². The third-order valence-electron chi connectivity index (χ3n) is 5.21. The van der Waals surface area contributed by atoms with Crippen LogP contribution >= 0.6 is 0 Å². The summed E-state index contributed by atoms with van der Waals surface area (Å²) in [4.78, 5) is 22.8. The largest absolute Gasteiger partial charge is 0.478 e. The lowest BCUT2D eigenvalue weighted by Gasteiger charge is -2.07. The lowest BCUT2D eigenvalue weighted by atomic mass is 9.98. The predicted octanol–water partition coefficient (Wildman–Crippen LogP) is 4.83. The highest BCUT2D eigenvalue weighted by atomic mass is 16.4. The van der Waals surface area contributed by atoms with Gasteiger partial charge in [-0.05, 0) is 40.5 Å². The summed E-state index contributed by atoms with van der Waals surface area (Å²) >= 11 is 0. The van der Waals surface area contributed by atoms with Gasteiger partial charge in [0, 0.05) is 24.4 Å². The molecule has 144 valence electrons. The van der Waals surface area contributed by atoms with Gasteiger partial charge >= 0.3 is 11.9 Å². The van der Waals surface area contributed by atoms with Crippen molar-refractivity contribution in [1.29, 1.82) is 0 Å². The summed E-state index contributed by atoms with van der Waals surface area (Å²) in [5.74, 6) is -1.88. The molecule has 5 heteroatoms. The fourth-order valence-electron chi connectivity index (χ4n) is 3.75. The van der Waals surface area contributed by atoms with Gasteiger partial charge in [0.1, 0.15) is 5.69 Å². The average molecular weight is 385 g/mol. The molecule has 0 spiro atoms. The molecule has 0 amide bonds. The van der Waals surface area contributed by atoms with Crippen molar-refractivity contribution >= 4 is 22.8 Å². The van der Waals surface area contributed by atoms with Crippen LogP contribution in [0.4, 0.5) is 0 Å². The maximum Gasteiger partial charge on any atom is 0.352 e. The molecule has 0 saturated heterocycles. The van der Waals surface area contributed by atoms with Gasteiger partial charge in [-0.2, -0.15) is 0 Å². The first kappa shape index (κ1) is 18.5. The predicted molar refractivity (Wildman–Crippen MR) is 112 cm³/mol. The molecule has 1 aromatic heterocycles. The second-order valence-corrected chi connectivity index (χ2v) is 6.96. The van der Waals surface area contributed by atoms with Crippen LogP contribution in [0, 0.1) is 0 Å². The van der Waals surface area contributed by atoms with E-state index in [0.29, 0.717) is 12.1 Å². The first-order chi connectivity index (χ1) is 14.0. The first-order valence-corrected chi connectivity index (χ1v) is 9.18. The molecule has 4 aromatic rings. The summed E-state index contributed by atoms with van der Waals surface area (Å²) < 4.78 is 1.73. The van der Waals surface area contributed by atoms with Gasteiger partial charge in [0.25, 0.3) is 0 Å². The van der Waals surface area contributed by atoms with Crippen LogP contribution in [0.1, 0.15) is 32.0 Å². The van der Waals surface area contributed by atoms with Crippen molar-refractivity contribution in [2.75, 3.05) is 0 Å². The average Bonchev–Trinajstić information content (AvgIpc) is 3.01. The van der Waals surface area contributed by atoms with Gasteiger partial charge in [-0.15, -0.1) is 0 Å². The molecular formula is C24H19NO4. The second kappa shape index (κ2) is 7.28. The molecule has 0 fully saturated rings. The number of hydrogen-bond donors (Lipinski definition) is 2. The number of fused-ring (bicyclic) bond motifs is 1. The first-order valence-electron chi connectivity index (χ1n) is 9.18. The van der Waals surface area contributed by atoms with Gasteiger partial charge < -0.3 is 14.8 Å². The summed E-state index contributed by atoms with van der Waals surface area (Å²) in [5, 5.41) is 19.7. The number of rotatable bonds is 5. The SMILES string of the molecule is Cn1c(C(=O)O)c(Cc2ccc(-c3ccc(C(=O)O)cc3)cc2)c2ccccc21. The van der Waals surface area contributed by atoms with Crippen LogP contribution < -0.4 is 0 Å². The van der Waals surface area contributed by atoms with Crippen LogP contribution in [0.25, 0.3) is 22.0 Å². The molecule has 0 aliphatic rings. The lowest BCUT2D eigenvalue weighted by Crippen LogP contribution is -2.07. The maximum atomic E-state index is 11.9. The molecular weight excluding hydrogens is 366 g/mol. The molecule has 0 saturated carbocycles. The van der Waals surface area contributed by atoms with Crippen LogP contribution in [0.2, 0.25) is 0 Å². The standard InChI is InChI=1S/C24H19NO4/c1-25-21-5-3-2-4-19(21)20(22(25)24(28)29)14-15-6-8-16(9-7-15)17-10-12-18(13-11-17)23(26)27/h2-13H,14H2,1H3,(H,26,27)(H,28,29). The summed E-state index contributed by atoms with van der Waals surface area (Å²) in [6.07, 6.45) is 0.515. The van der Waals surface area contributed by atoms with Gasteiger partial charge in [0.15, 0.2) is 0 Å². The molecule has 3 aromatic carbocycles. The lowest BCUT2D eigenvalue weighted by molar-refractivity contribution is 0.0679. The van der Waals surface area contributed by atoms with E-state index in [1.807, 2.05) is 48.5 Å². The van der Waals surface area contributed by atoms with Crippen LogP contribution in [0.5, 0.6) is 0 Å². The summed E-state index contributed by atoms with van der Waals surface area (Å²) in [6.45, 7) is 0. The number of nitrogens with zero attached hydrogens (tertiary/aromatic N) is 1. The zero-order valence-electron chi connectivity index (χ0n) is 15.8. The third-order valence-corrected chi connectivity index (χ3v) is 5.21. The number of benzene rings is 3. The van der Waals surface area contributed by atoms with Gasteiger partial charge in [-0.25, -0.2) is 9.59 Å². The highest BCUT2D eigenvalue weighted by Crippen LogP contribution is 2.28. The zero-order valence-corrected chi connectivity index (χ0v) is 15.8. The van der Waals surface area contributed by atoms with E-state index in [1.165, 1.54) is 0 Å². The summed E-state index contributed by atoms with van der Waals surface area (Å²) in [5.41, 5.74) is 5.17. The molecule has 5 nitrogen and oxygen atoms in total. The molecule has 2 N–H and O–H groups in total. The summed E-state index contributed by atoms with van der Waals surface area (Å²) in [6, 6.07) is 22.3. The van der Waals surface area contributed by atoms with Crippen molar-refractivity contribution in [3.05, 3.63) is 95.2 Å². The fourth-order valence-corrected chi connectivity index (χ4v) is 3.75. The van der Waals surface area contributed by atoms with Crippen molar-refractivity contribution in [2.24, 2.45) is 7.05 Å². The molecule has 0 atom stereocenters. The van der Waals surface area contributed by atoms with Crippen molar-refractivity contribution in [3.8, 4) is 11.1 Å². The molecule has 0 unspecified atom stereocenters. The molecule has 1 heterocycles. The number of carbonyl (C=O) groups is 2. The van der Waals surface area contributed by atoms with E-state index in [4.69, 9.17) is 5.11 Å². The van der Waals surface area contributed by atoms with Gasteiger partial charge in [-0.1, -0.05) is 54.6 Å². The number of hydrogen-bond acceptors (Lipinski definition) is 2. The Morgan fingerprint density at radius 3 is 1.97 bits per heavy atom. The molecule has 0 radical (unpaired) electrons. The number of aromatic carboxylic acids is 2. The molecule has 0 aliphatic carbocycles. The topological polar surface area (TPSA) is 79.5 Å². The fraction of sp³-hybridized carbons (Fsp3) is 0.0833. The minimum atomic E-state index is -0.948. The van der Waals surface area contributed by atoms with E-state index >= 15 is 0 Å². The van der Waals surface area contributed by atoms with Gasteiger partial charge in [-0.3, -0.25) is 0 Å². The number of carboxylic acids is 2. The normalized spacial score (nSPS) is 10.9. The molecule has 4 rings (SSSR count). The maximum absolute atomic E-state index is 11.9.